The molecule has 0 aromatic heterocycles. The van der Waals surface area contributed by atoms with Crippen LogP contribution in [0.25, 0.3) is 0 Å². The summed E-state index contributed by atoms with van der Waals surface area (Å²) in [5.41, 5.74) is 3.02. The van der Waals surface area contributed by atoms with E-state index in [2.05, 4.69) is 150 Å². The fraction of sp³-hybridized carbons (Fsp3) is 0.118. The van der Waals surface area contributed by atoms with Crippen LogP contribution in [0.4, 0.5) is 0 Å². The van der Waals surface area contributed by atoms with Crippen LogP contribution in [0.5, 0.6) is 0 Å². The summed E-state index contributed by atoms with van der Waals surface area (Å²) >= 11 is 0. The molecule has 0 fully saturated rings. The third kappa shape index (κ3) is 5.18. The Kier molecular flexibility index (Phi) is 7.57. The third-order valence-corrected chi connectivity index (χ3v) is 12.6. The molecule has 0 aliphatic heterocycles. The topological polar surface area (TPSA) is 3.24 Å². The van der Waals surface area contributed by atoms with Gasteiger partial charge in [0.25, 0.3) is 0 Å². The van der Waals surface area contributed by atoms with Gasteiger partial charge in [-0.1, -0.05) is 146 Å². The molecule has 182 valence electrons. The molecule has 37 heavy (non-hydrogen) atoms. The first-order valence-electron chi connectivity index (χ1n) is 13.1. The first kappa shape index (κ1) is 24.3. The molecule has 5 aromatic carbocycles. The molecule has 0 saturated carbocycles. The lowest BCUT2D eigenvalue weighted by atomic mass is 9.88. The lowest BCUT2D eigenvalue weighted by Gasteiger charge is -2.45. The summed E-state index contributed by atoms with van der Waals surface area (Å²) in [6, 6.07) is 54.4. The van der Waals surface area contributed by atoms with Gasteiger partial charge in [0.1, 0.15) is 0 Å². The van der Waals surface area contributed by atoms with Crippen molar-refractivity contribution < 1.29 is 0 Å². The molecule has 0 bridgehead atoms. The van der Waals surface area contributed by atoms with Gasteiger partial charge in [0.2, 0.25) is 0 Å². The average molecular weight is 516 g/mol. The van der Waals surface area contributed by atoms with Gasteiger partial charge in [-0.2, -0.15) is 0 Å². The van der Waals surface area contributed by atoms with Crippen LogP contribution in [0.3, 0.4) is 0 Å². The predicted octanol–water partition coefficient (Wildman–Crippen LogP) is 7.46. The fourth-order valence-electron chi connectivity index (χ4n) is 5.38. The van der Waals surface area contributed by atoms with Gasteiger partial charge in [0.05, 0.1) is 0 Å². The molecule has 1 unspecified atom stereocenters. The average Bonchev–Trinajstić information content (AvgIpc) is 2.99. The van der Waals surface area contributed by atoms with Crippen molar-refractivity contribution in [1.82, 2.24) is 4.44 Å². The van der Waals surface area contributed by atoms with E-state index in [9.17, 15) is 0 Å². The van der Waals surface area contributed by atoms with Crippen LogP contribution in [-0.4, -0.2) is 4.44 Å². The van der Waals surface area contributed by atoms with Gasteiger partial charge in [-0.3, -0.25) is 0 Å². The Morgan fingerprint density at radius 3 is 1.27 bits per heavy atom. The zero-order valence-corrected chi connectivity index (χ0v) is 22.7. The van der Waals surface area contributed by atoms with Crippen molar-refractivity contribution >= 4 is 37.4 Å². The van der Waals surface area contributed by atoms with Crippen LogP contribution in [-0.2, 0) is 6.42 Å². The molecular weight excluding hydrogens is 484 g/mol. The Balaban J connectivity index is 1.63. The predicted molar refractivity (Wildman–Crippen MR) is 162 cm³/mol. The van der Waals surface area contributed by atoms with E-state index in [1.165, 1.54) is 51.6 Å². The van der Waals surface area contributed by atoms with E-state index in [4.69, 9.17) is 0 Å². The highest BCUT2D eigenvalue weighted by Gasteiger charge is 2.38. The maximum absolute atomic E-state index is 2.94. The van der Waals surface area contributed by atoms with Crippen molar-refractivity contribution in [2.24, 2.45) is 0 Å². The molecule has 3 heteroatoms. The summed E-state index contributed by atoms with van der Waals surface area (Å²) in [6.45, 7) is 0. The molecule has 0 N–H and O–H groups in total. The number of hydrogen-bond donors (Lipinski definition) is 0. The van der Waals surface area contributed by atoms with Crippen molar-refractivity contribution in [3.63, 3.8) is 0 Å². The van der Waals surface area contributed by atoms with E-state index in [1.807, 2.05) is 0 Å². The highest BCUT2D eigenvalue weighted by molar-refractivity contribution is 7.84. The van der Waals surface area contributed by atoms with E-state index in [-0.39, 0.29) is 0 Å². The maximum atomic E-state index is 2.94. The lowest BCUT2D eigenvalue weighted by molar-refractivity contribution is 0.442. The zero-order valence-electron chi connectivity index (χ0n) is 20.9. The first-order chi connectivity index (χ1) is 18.4. The van der Waals surface area contributed by atoms with Crippen molar-refractivity contribution in [2.75, 3.05) is 0 Å². The van der Waals surface area contributed by atoms with Gasteiger partial charge in [-0.15, -0.1) is 0 Å². The van der Waals surface area contributed by atoms with E-state index < -0.39 is 16.1 Å². The van der Waals surface area contributed by atoms with E-state index >= 15 is 0 Å². The molecule has 1 atom stereocenters. The van der Waals surface area contributed by atoms with Gasteiger partial charge in [-0.05, 0) is 51.6 Å². The summed E-state index contributed by atoms with van der Waals surface area (Å²) in [7, 11) is -1.57. The zero-order chi connectivity index (χ0) is 24.9. The van der Waals surface area contributed by atoms with E-state index in [0.717, 1.165) is 0 Å². The monoisotopic (exact) mass is 515 g/mol. The standard InChI is InChI=1S/C34H31NP2/c1-5-18-29(19-6-1)36(30-20-7-2-8-21-30)35(34-27-15-17-28-16-13-14-26-33(28)34)37(31-22-9-3-10-23-31)32-24-11-4-12-25-32/h1-14,16,18-26,34H,15,17,27H2. The Hall–Kier alpha value is -3.08. The fourth-order valence-corrected chi connectivity index (χ4v) is 11.7. The smallest absolute Gasteiger partial charge is 0.0439 e. The minimum absolute atomic E-state index is 0.350. The van der Waals surface area contributed by atoms with Gasteiger partial charge >= 0.3 is 0 Å². The molecule has 0 spiro atoms. The quantitative estimate of drug-likeness (QED) is 0.203. The number of benzene rings is 5. The third-order valence-electron chi connectivity index (χ3n) is 7.03. The number of hydrogen-bond acceptors (Lipinski definition) is 1. The molecule has 6 rings (SSSR count). The Labute approximate surface area is 223 Å². The second-order valence-electron chi connectivity index (χ2n) is 9.39. The van der Waals surface area contributed by atoms with Gasteiger partial charge in [-0.25, -0.2) is 4.44 Å². The van der Waals surface area contributed by atoms with Crippen molar-refractivity contribution in [3.05, 3.63) is 157 Å². The second kappa shape index (κ2) is 11.5. The highest BCUT2D eigenvalue weighted by Crippen LogP contribution is 2.61. The molecule has 5 aromatic rings. The SMILES string of the molecule is c1ccc(P(c2ccccc2)N(C2CCCc3ccccc32)P(c2ccccc2)c2ccccc2)cc1. The summed E-state index contributed by atoms with van der Waals surface area (Å²) in [6.07, 6.45) is 3.56. The highest BCUT2D eigenvalue weighted by atomic mass is 31.2. The van der Waals surface area contributed by atoms with Crippen molar-refractivity contribution in [1.29, 1.82) is 0 Å². The number of fused-ring (bicyclic) bond motifs is 1. The molecule has 0 radical (unpaired) electrons. The van der Waals surface area contributed by atoms with Crippen LogP contribution < -0.4 is 21.2 Å². The summed E-state index contributed by atoms with van der Waals surface area (Å²) in [5.74, 6) is 0. The number of nitrogens with zero attached hydrogens (tertiary/aromatic N) is 1. The molecule has 0 amide bonds. The van der Waals surface area contributed by atoms with Crippen LogP contribution in [0, 0.1) is 0 Å². The van der Waals surface area contributed by atoms with Crippen LogP contribution >= 0.6 is 16.1 Å². The van der Waals surface area contributed by atoms with Gasteiger partial charge in [0.15, 0.2) is 0 Å². The summed E-state index contributed by atoms with van der Waals surface area (Å²) in [4.78, 5) is 0. The minimum Gasteiger partial charge on any atom is -0.237 e. The summed E-state index contributed by atoms with van der Waals surface area (Å²) in [5, 5.41) is 5.63. The Morgan fingerprint density at radius 2 is 0.838 bits per heavy atom. The Bertz CT molecular complexity index is 1250. The minimum atomic E-state index is -0.786. The van der Waals surface area contributed by atoms with E-state index in [1.54, 1.807) is 0 Å². The first-order valence-corrected chi connectivity index (χ1v) is 15.7. The van der Waals surface area contributed by atoms with Crippen LogP contribution in [0.1, 0.15) is 30.0 Å². The van der Waals surface area contributed by atoms with Gasteiger partial charge in [0, 0.05) is 22.2 Å². The lowest BCUT2D eigenvalue weighted by Crippen LogP contribution is -2.35. The van der Waals surface area contributed by atoms with Gasteiger partial charge < -0.3 is 0 Å². The molecule has 1 aliphatic carbocycles. The van der Waals surface area contributed by atoms with E-state index in [0.29, 0.717) is 6.04 Å². The molecule has 0 saturated heterocycles. The number of rotatable bonds is 7. The maximum Gasteiger partial charge on any atom is 0.0439 e. The second-order valence-corrected chi connectivity index (χ2v) is 13.9. The molecule has 1 aliphatic rings. The Morgan fingerprint density at radius 1 is 0.459 bits per heavy atom. The normalized spacial score (nSPS) is 15.2. The van der Waals surface area contributed by atoms with Crippen LogP contribution in [0.15, 0.2) is 146 Å². The molecule has 1 nitrogen and oxygen atoms in total. The number of aryl methyl sites for hydroxylation is 1. The molecule has 0 heterocycles. The van der Waals surface area contributed by atoms with Crippen molar-refractivity contribution in [3.8, 4) is 0 Å². The largest absolute Gasteiger partial charge is 0.237 e. The van der Waals surface area contributed by atoms with Crippen LogP contribution in [0.2, 0.25) is 0 Å². The van der Waals surface area contributed by atoms with Crippen molar-refractivity contribution in [2.45, 2.75) is 25.3 Å². The summed E-state index contributed by atoms with van der Waals surface area (Å²) < 4.78 is 2.94. The molecular formula is C34H31NP2.